The van der Waals surface area contributed by atoms with E-state index in [9.17, 15) is 9.18 Å². The molecule has 0 aliphatic carbocycles. The molecule has 2 aliphatic heterocycles. The summed E-state index contributed by atoms with van der Waals surface area (Å²) in [6.07, 6.45) is 4.28. The topological polar surface area (TPSA) is 44.4 Å². The molecule has 0 radical (unpaired) electrons. The minimum atomic E-state index is -0.190. The van der Waals surface area contributed by atoms with E-state index in [0.717, 1.165) is 41.8 Å². The Morgan fingerprint density at radius 3 is 2.25 bits per heavy atom. The van der Waals surface area contributed by atoms with Gasteiger partial charge in [-0.3, -0.25) is 4.90 Å². The van der Waals surface area contributed by atoms with Crippen molar-refractivity contribution in [3.63, 3.8) is 0 Å². The molecule has 2 aliphatic rings. The van der Waals surface area contributed by atoms with Gasteiger partial charge in [-0.1, -0.05) is 30.3 Å². The van der Waals surface area contributed by atoms with E-state index < -0.39 is 0 Å². The fourth-order valence-electron chi connectivity index (χ4n) is 4.80. The predicted octanol–water partition coefficient (Wildman–Crippen LogP) is 4.76. The predicted molar refractivity (Wildman–Crippen MR) is 110 cm³/mol. The maximum atomic E-state index is 13.2. The van der Waals surface area contributed by atoms with E-state index in [1.165, 1.54) is 25.0 Å². The molecule has 2 aromatic carbocycles. The van der Waals surface area contributed by atoms with E-state index in [-0.39, 0.29) is 17.9 Å². The van der Waals surface area contributed by atoms with E-state index in [2.05, 4.69) is 15.5 Å². The number of rotatable bonds is 4. The molecule has 2 saturated heterocycles. The van der Waals surface area contributed by atoms with Crippen molar-refractivity contribution in [1.82, 2.24) is 10.2 Å². The second kappa shape index (κ2) is 7.92. The van der Waals surface area contributed by atoms with Gasteiger partial charge in [0, 0.05) is 30.4 Å². The maximum Gasteiger partial charge on any atom is 0.319 e. The van der Waals surface area contributed by atoms with Crippen LogP contribution in [0.1, 0.15) is 42.4 Å². The lowest BCUT2D eigenvalue weighted by molar-refractivity contribution is 0.112. The first-order chi connectivity index (χ1) is 13.5. The molecule has 2 amide bonds. The van der Waals surface area contributed by atoms with Gasteiger partial charge in [0.1, 0.15) is 5.82 Å². The Morgan fingerprint density at radius 1 is 1.04 bits per heavy atom. The molecule has 2 N–H and O–H groups in total. The average Bonchev–Trinajstić information content (AvgIpc) is 2.89. The largest absolute Gasteiger partial charge is 0.335 e. The Morgan fingerprint density at radius 2 is 1.64 bits per heavy atom. The lowest BCUT2D eigenvalue weighted by Crippen LogP contribution is -2.50. The Hall–Kier alpha value is -2.40. The minimum Gasteiger partial charge on any atom is -0.335 e. The molecule has 2 aromatic rings. The molecule has 0 saturated carbocycles. The van der Waals surface area contributed by atoms with E-state index in [1.807, 2.05) is 44.2 Å². The van der Waals surface area contributed by atoms with E-state index >= 15 is 0 Å². The van der Waals surface area contributed by atoms with Crippen LogP contribution < -0.4 is 10.6 Å². The third-order valence-corrected chi connectivity index (χ3v) is 6.22. The summed E-state index contributed by atoms with van der Waals surface area (Å²) < 4.78 is 13.2. The second-order valence-electron chi connectivity index (χ2n) is 8.22. The number of nitrogens with one attached hydrogen (secondary N) is 2. The molecule has 5 heteroatoms. The van der Waals surface area contributed by atoms with E-state index in [4.69, 9.17) is 0 Å². The van der Waals surface area contributed by atoms with Crippen LogP contribution >= 0.6 is 0 Å². The van der Waals surface area contributed by atoms with Crippen molar-refractivity contribution < 1.29 is 9.18 Å². The van der Waals surface area contributed by atoms with Gasteiger partial charge in [0.2, 0.25) is 0 Å². The molecule has 2 bridgehead atoms. The monoisotopic (exact) mass is 381 g/mol. The number of hydrogen-bond acceptors (Lipinski definition) is 2. The number of hydrogen-bond donors (Lipinski definition) is 2. The number of fused-ring (bicyclic) bond motifs is 2. The number of piperidine rings is 1. The number of para-hydroxylation sites is 1. The van der Waals surface area contributed by atoms with Gasteiger partial charge in [-0.2, -0.15) is 0 Å². The Kier molecular flexibility index (Phi) is 5.36. The van der Waals surface area contributed by atoms with Crippen LogP contribution in [0.4, 0.5) is 14.9 Å². The fourth-order valence-corrected chi connectivity index (χ4v) is 4.80. The van der Waals surface area contributed by atoms with Gasteiger partial charge in [-0.15, -0.1) is 0 Å². The first kappa shape index (κ1) is 18.9. The number of aryl methyl sites for hydroxylation is 2. The minimum absolute atomic E-state index is 0.117. The molecule has 148 valence electrons. The van der Waals surface area contributed by atoms with Gasteiger partial charge < -0.3 is 10.6 Å². The standard InChI is InChI=1S/C23H28FN3O/c1-15-4-3-5-16(2)22(15)26-23(28)25-19-12-20-10-11-21(13-19)27(20)14-17-6-8-18(24)9-7-17/h3-9,19-21H,10-14H2,1-2H3,(H2,25,26,28). The van der Waals surface area contributed by atoms with Crippen molar-refractivity contribution in [2.75, 3.05) is 5.32 Å². The van der Waals surface area contributed by atoms with Gasteiger partial charge in [0.15, 0.2) is 0 Å². The molecule has 2 fully saturated rings. The maximum absolute atomic E-state index is 13.2. The van der Waals surface area contributed by atoms with Crippen molar-refractivity contribution in [2.24, 2.45) is 0 Å². The first-order valence-electron chi connectivity index (χ1n) is 10.1. The number of carbonyl (C=O) groups excluding carboxylic acids is 1. The zero-order chi connectivity index (χ0) is 19.7. The zero-order valence-electron chi connectivity index (χ0n) is 16.5. The summed E-state index contributed by atoms with van der Waals surface area (Å²) in [5.74, 6) is -0.190. The van der Waals surface area contributed by atoms with Gasteiger partial charge in [-0.05, 0) is 68.4 Å². The van der Waals surface area contributed by atoms with Gasteiger partial charge in [0.05, 0.1) is 0 Å². The highest BCUT2D eigenvalue weighted by Crippen LogP contribution is 2.37. The third-order valence-electron chi connectivity index (χ3n) is 6.22. The Balaban J connectivity index is 1.35. The third kappa shape index (κ3) is 4.04. The van der Waals surface area contributed by atoms with Crippen molar-refractivity contribution in [3.8, 4) is 0 Å². The molecule has 4 rings (SSSR count). The van der Waals surface area contributed by atoms with Crippen molar-refractivity contribution in [2.45, 2.75) is 64.2 Å². The highest BCUT2D eigenvalue weighted by atomic mass is 19.1. The number of carbonyl (C=O) groups is 1. The van der Waals surface area contributed by atoms with Gasteiger partial charge >= 0.3 is 6.03 Å². The zero-order valence-corrected chi connectivity index (χ0v) is 16.5. The summed E-state index contributed by atoms with van der Waals surface area (Å²) in [7, 11) is 0. The molecular formula is C23H28FN3O. The molecule has 28 heavy (non-hydrogen) atoms. The van der Waals surface area contributed by atoms with Crippen molar-refractivity contribution in [1.29, 1.82) is 0 Å². The Bertz CT molecular complexity index is 817. The fraction of sp³-hybridized carbons (Fsp3) is 0.435. The molecular weight excluding hydrogens is 353 g/mol. The quantitative estimate of drug-likeness (QED) is 0.802. The summed E-state index contributed by atoms with van der Waals surface area (Å²) in [5.41, 5.74) is 4.20. The number of nitrogens with zero attached hydrogens (tertiary/aromatic N) is 1. The highest BCUT2D eigenvalue weighted by Gasteiger charge is 2.40. The summed E-state index contributed by atoms with van der Waals surface area (Å²) >= 11 is 0. The van der Waals surface area contributed by atoms with E-state index in [0.29, 0.717) is 12.1 Å². The number of urea groups is 1. The molecule has 2 heterocycles. The van der Waals surface area contributed by atoms with Crippen LogP contribution in [-0.4, -0.2) is 29.1 Å². The lowest BCUT2D eigenvalue weighted by atomic mass is 9.96. The van der Waals surface area contributed by atoms with Crippen LogP contribution in [0.2, 0.25) is 0 Å². The summed E-state index contributed by atoms with van der Waals surface area (Å²) in [6.45, 7) is 4.88. The smallest absolute Gasteiger partial charge is 0.319 e. The number of halogens is 1. The number of anilines is 1. The summed E-state index contributed by atoms with van der Waals surface area (Å²) in [5, 5.41) is 6.22. The molecule has 4 nitrogen and oxygen atoms in total. The molecule has 2 unspecified atom stereocenters. The molecule has 2 atom stereocenters. The van der Waals surface area contributed by atoms with E-state index in [1.54, 1.807) is 0 Å². The van der Waals surface area contributed by atoms with Crippen LogP contribution in [0.15, 0.2) is 42.5 Å². The first-order valence-corrected chi connectivity index (χ1v) is 10.1. The number of benzene rings is 2. The highest BCUT2D eigenvalue weighted by molar-refractivity contribution is 5.91. The Labute approximate surface area is 166 Å². The average molecular weight is 381 g/mol. The number of amides is 2. The normalized spacial score (nSPS) is 24.2. The van der Waals surface area contributed by atoms with Crippen LogP contribution in [0, 0.1) is 19.7 Å². The summed E-state index contributed by atoms with van der Waals surface area (Å²) in [4.78, 5) is 15.1. The lowest BCUT2D eigenvalue weighted by Gasteiger charge is -2.39. The van der Waals surface area contributed by atoms with Crippen molar-refractivity contribution >= 4 is 11.7 Å². The second-order valence-corrected chi connectivity index (χ2v) is 8.22. The van der Waals surface area contributed by atoms with Crippen LogP contribution in [-0.2, 0) is 6.54 Å². The summed E-state index contributed by atoms with van der Waals surface area (Å²) in [6, 6.07) is 13.9. The van der Waals surface area contributed by atoms with Gasteiger partial charge in [-0.25, -0.2) is 9.18 Å². The van der Waals surface area contributed by atoms with Crippen LogP contribution in [0.5, 0.6) is 0 Å². The van der Waals surface area contributed by atoms with Crippen molar-refractivity contribution in [3.05, 3.63) is 65.0 Å². The SMILES string of the molecule is Cc1cccc(C)c1NC(=O)NC1CC2CCC(C1)N2Cc1ccc(F)cc1. The molecule has 0 spiro atoms. The molecule has 0 aromatic heterocycles. The van der Waals surface area contributed by atoms with Crippen LogP contribution in [0.3, 0.4) is 0 Å². The van der Waals surface area contributed by atoms with Gasteiger partial charge in [0.25, 0.3) is 0 Å². The van der Waals surface area contributed by atoms with Crippen LogP contribution in [0.25, 0.3) is 0 Å².